The fraction of sp³-hybridized carbons (Fsp3) is 0.561. The van der Waals surface area contributed by atoms with Crippen molar-refractivity contribution in [2.75, 3.05) is 98.7 Å². The third kappa shape index (κ3) is 26.2. The molecule has 2 aromatic carbocycles. The minimum atomic E-state index is -1.41. The molecule has 0 amide bonds. The zero-order valence-corrected chi connectivity index (χ0v) is 76.2. The van der Waals surface area contributed by atoms with Gasteiger partial charge in [-0.1, -0.05) is 55.5 Å². The van der Waals surface area contributed by atoms with Crippen LogP contribution in [0.1, 0.15) is 117 Å². The van der Waals surface area contributed by atoms with Gasteiger partial charge in [-0.05, 0) is 120 Å². The van der Waals surface area contributed by atoms with Crippen molar-refractivity contribution >= 4 is 97.2 Å². The Kier molecular flexibility index (Phi) is 34.6. The van der Waals surface area contributed by atoms with Gasteiger partial charge in [0.1, 0.15) is 60.9 Å². The molecule has 4 aromatic heterocycles. The first-order valence-electron chi connectivity index (χ1n) is 39.5. The second kappa shape index (κ2) is 42.2. The molecule has 4 aliphatic heterocycles. The van der Waals surface area contributed by atoms with Crippen molar-refractivity contribution in [3.05, 3.63) is 180 Å². The Morgan fingerprint density at radius 1 is 0.570 bits per heavy atom. The standard InChI is InChI=1S/C34H41N2O9P.C17H27N2O6P.C16H25N2O6P.C15H25N3O4PSe/c1-20(32(40)45-34(42)43-19-26-23-12-8-6-10-21(23)22-11-7-9-13-24(22)26)14-16-36-31(39)25(18-35(2)33(36)41)30-29(38)28(37)27(44-30)15-17-46(3,4)5;1-10(20)8-11-9-19(17(23)18-15(11)22)16-14(24-2)13(21)12(25-16)6-7-26(3,4)5;1-9(19)7-10-8-18(16(23)17-14(10)22)15-13(21)12(20)11(24-15)5-6-25(2,3)4;1-16-7-9-8-18(15(24)17-13(9)21)14-12(20)11(19)10(22-14)5-6-23(2,3)4/h6-13,18,20,26-30,37-38H,3,14-17,19H2,1-2,4-5H3;9,12-14,16,21H,3,6-8H2,1-2,4-5H3,(H,18,22,23);8,11-13,15,20-21H,2,5-7H2,1,3-4H3,(H,17,22,23);8,10-12,14,16,19-20H,2,5-7H2,1,3-4H3/t20?,27-,28-,29-,30+;12-,13-,14-,16-;11-,12-,13-,15-;10-,11-,12-,14-/m1111/s1. The second-order valence-corrected chi connectivity index (χ2v) is 52.3. The number of aliphatic hydroxyl groups excluding tert-OH is 7. The Balaban J connectivity index is 0.000000210. The van der Waals surface area contributed by atoms with Gasteiger partial charge in [-0.15, -0.1) is 39.6 Å². The number of carbonyl (C=O) groups excluding carboxylic acids is 4. The predicted molar refractivity (Wildman–Crippen MR) is 473 cm³/mol. The van der Waals surface area contributed by atoms with E-state index >= 15 is 0 Å². The minimum absolute atomic E-state index is 0.00790. The summed E-state index contributed by atoms with van der Waals surface area (Å²) < 4.78 is 45.4. The summed E-state index contributed by atoms with van der Waals surface area (Å²) in [5, 5.41) is 76.0. The summed E-state index contributed by atoms with van der Waals surface area (Å²) in [6.45, 7) is 15.8. The molecule has 1 radical (unpaired) electrons. The van der Waals surface area contributed by atoms with Crippen LogP contribution in [0.2, 0.25) is 0 Å². The van der Waals surface area contributed by atoms with Crippen molar-refractivity contribution < 1.29 is 88.1 Å². The van der Waals surface area contributed by atoms with Crippen LogP contribution < -0.4 is 49.3 Å². The maximum atomic E-state index is 13.4. The molecule has 11 rings (SSSR count). The number of aromatic amines is 2. The van der Waals surface area contributed by atoms with Gasteiger partial charge in [-0.25, -0.2) is 19.2 Å². The Morgan fingerprint density at radius 2 is 0.983 bits per heavy atom. The summed E-state index contributed by atoms with van der Waals surface area (Å²) in [6, 6.07) is 15.7. The van der Waals surface area contributed by atoms with E-state index in [9.17, 15) is 88.5 Å². The first-order chi connectivity index (χ1) is 56.4. The first-order valence-corrected chi connectivity index (χ1v) is 52.6. The number of hydrogen-bond donors (Lipinski definition) is 10. The third-order valence-corrected chi connectivity index (χ3v) is 27.7. The number of ketones is 2. The molecule has 0 saturated carbocycles. The third-order valence-electron chi connectivity index (χ3n) is 21.2. The second-order valence-electron chi connectivity index (χ2n) is 34.2. The summed E-state index contributed by atoms with van der Waals surface area (Å²) in [6.07, 6.45) is 11.1. The van der Waals surface area contributed by atoms with Gasteiger partial charge in [0, 0.05) is 69.2 Å². The van der Waals surface area contributed by atoms with Crippen LogP contribution in [-0.2, 0) is 80.5 Å². The normalized spacial score (nSPS) is 24.8. The van der Waals surface area contributed by atoms with E-state index in [1.54, 1.807) is 17.8 Å². The van der Waals surface area contributed by atoms with Crippen molar-refractivity contribution in [1.29, 1.82) is 0 Å². The van der Waals surface area contributed by atoms with E-state index in [2.05, 4.69) is 115 Å². The number of fused-ring (bicyclic) bond motifs is 3. The van der Waals surface area contributed by atoms with Crippen LogP contribution in [0, 0.1) is 5.92 Å². The molecule has 1 unspecified atom stereocenters. The Bertz CT molecular complexity index is 5320. The number of esters is 1. The van der Waals surface area contributed by atoms with E-state index in [-0.39, 0.29) is 72.1 Å². The number of Topliss-reactive ketones (excluding diaryl/α,β-unsaturated/α-hetero) is 2. The number of aromatic nitrogens is 8. The number of hydrogen-bond acceptors (Lipinski definition) is 27. The Labute approximate surface area is 709 Å². The zero-order chi connectivity index (χ0) is 90.0. The SMILES string of the molecule is C=P(C)(C)CC[C@H]1O[C@@H](c2cn(C)c(=O)n(CCC(C)C(=O)OC(=O)OCC3c4ccccc4-c4ccccc43)c2=O)[C@H](O)[C@@H]1O.C=P(C)(C)CC[C@H]1O[C@@H](n2cc(CC(C)=O)c(=O)[nH]c2=O)[C@H](O)[C@@H]1O.C=P(C)(C)CC[C@H]1O[C@@H](n2cc(CC(C)=O)c(=O)[nH]c2=O)[C@H](OC)[C@@H]1O.C=P(C)(C)CC[C@H]1O[C@@H](n2cc(CNC)c(=O)nc2[Se])[C@H](O)[C@@H]1O. The number of rotatable bonds is 29. The van der Waals surface area contributed by atoms with Crippen molar-refractivity contribution in [2.45, 2.75) is 183 Å². The number of H-pyrrole nitrogens is 2. The molecule has 39 heteroatoms. The van der Waals surface area contributed by atoms with E-state index in [4.69, 9.17) is 33.2 Å². The summed E-state index contributed by atoms with van der Waals surface area (Å²) in [5.41, 5.74) is 0.602. The molecule has 4 saturated heterocycles. The molecule has 10 N–H and O–H groups in total. The van der Waals surface area contributed by atoms with Gasteiger partial charge in [0.25, 0.3) is 16.7 Å². The molecule has 6 aromatic rings. The van der Waals surface area contributed by atoms with Gasteiger partial charge < -0.3 is 58.5 Å². The van der Waals surface area contributed by atoms with E-state index in [0.29, 0.717) is 42.5 Å². The molecular formula is C82H118N9O25P4Se. The van der Waals surface area contributed by atoms with E-state index in [0.717, 1.165) is 56.0 Å². The Morgan fingerprint density at radius 3 is 1.43 bits per heavy atom. The number of methoxy groups -OCH3 is 1. The monoisotopic (exact) mass is 1830 g/mol. The summed E-state index contributed by atoms with van der Waals surface area (Å²) >= 11 is 2.72. The summed E-state index contributed by atoms with van der Waals surface area (Å²) in [5.74, 6) is -2.33. The molecule has 121 heavy (non-hydrogen) atoms. The van der Waals surface area contributed by atoms with E-state index in [1.165, 1.54) is 62.7 Å². The van der Waals surface area contributed by atoms with Gasteiger partial charge >= 0.3 is 179 Å². The van der Waals surface area contributed by atoms with Crippen molar-refractivity contribution in [2.24, 2.45) is 13.0 Å². The number of nitrogens with zero attached hydrogens (tertiary/aromatic N) is 6. The summed E-state index contributed by atoms with van der Waals surface area (Å²) in [4.78, 5) is 142. The van der Waals surface area contributed by atoms with Crippen molar-refractivity contribution in [3.8, 4) is 11.1 Å². The van der Waals surface area contributed by atoms with Gasteiger partial charge in [-0.3, -0.25) is 52.4 Å². The zero-order valence-electron chi connectivity index (χ0n) is 70.9. The molecule has 5 aliphatic rings. The molecule has 0 spiro atoms. The number of carbonyl (C=O) groups is 4. The van der Waals surface area contributed by atoms with Gasteiger partial charge in [0.15, 0.2) is 12.5 Å². The fourth-order valence-corrected chi connectivity index (χ4v) is 18.9. The number of aryl methyl sites for hydroxylation is 1. The predicted octanol–water partition coefficient (Wildman–Crippen LogP) is 1.23. The number of ether oxygens (including phenoxy) is 7. The summed E-state index contributed by atoms with van der Waals surface area (Å²) in [7, 11) is 4.62. The maximum absolute atomic E-state index is 13.4. The van der Waals surface area contributed by atoms with Crippen LogP contribution in [0.3, 0.4) is 0 Å². The first kappa shape index (κ1) is 99.3. The molecule has 34 nitrogen and oxygen atoms in total. The van der Waals surface area contributed by atoms with Gasteiger partial charge in [0.05, 0.1) is 29.8 Å². The average molecular weight is 1830 g/mol. The average Bonchev–Trinajstić information content (AvgIpc) is 1.62. The Hall–Kier alpha value is -7.16. The van der Waals surface area contributed by atoms with Crippen LogP contribution in [0.5, 0.6) is 0 Å². The molecule has 8 heterocycles. The van der Waals surface area contributed by atoms with Crippen LogP contribution in [-0.4, -0.2) is 310 Å². The van der Waals surface area contributed by atoms with Crippen molar-refractivity contribution in [3.63, 3.8) is 0 Å². The van der Waals surface area contributed by atoms with E-state index in [1.807, 2.05) is 48.5 Å². The van der Waals surface area contributed by atoms with Gasteiger partial charge in [0.2, 0.25) is 0 Å². The van der Waals surface area contributed by atoms with Gasteiger partial charge in [-0.2, -0.15) is 0 Å². The van der Waals surface area contributed by atoms with Crippen LogP contribution >= 0.6 is 27.5 Å². The number of nitrogens with one attached hydrogen (secondary N) is 3. The molecule has 667 valence electrons. The number of benzene rings is 2. The molecule has 1 aliphatic carbocycles. The van der Waals surface area contributed by atoms with Crippen LogP contribution in [0.4, 0.5) is 4.79 Å². The molecule has 4 fully saturated rings. The topological polar surface area (TPSA) is 475 Å². The van der Waals surface area contributed by atoms with Crippen molar-refractivity contribution in [1.82, 2.24) is 43.1 Å². The van der Waals surface area contributed by atoms with E-state index < -0.39 is 177 Å². The quantitative estimate of drug-likeness (QED) is 0.0137. The number of aliphatic hydroxyl groups is 7. The fourth-order valence-electron chi connectivity index (χ4n) is 14.6. The molecule has 0 bridgehead atoms. The van der Waals surface area contributed by atoms with Crippen LogP contribution in [0.25, 0.3) is 11.1 Å². The molecular weight excluding hydrogens is 1710 g/mol. The molecule has 17 atom stereocenters. The van der Waals surface area contributed by atoms with Crippen LogP contribution in [0.15, 0.2) is 107 Å².